The van der Waals surface area contributed by atoms with Gasteiger partial charge in [0, 0.05) is 5.69 Å². The van der Waals surface area contributed by atoms with Crippen molar-refractivity contribution in [2.75, 3.05) is 11.0 Å². The maximum absolute atomic E-state index is 11.4. The van der Waals surface area contributed by atoms with E-state index >= 15 is 0 Å². The molecule has 0 aromatic heterocycles. The van der Waals surface area contributed by atoms with Gasteiger partial charge in [-0.15, -0.1) is 0 Å². The Morgan fingerprint density at radius 2 is 1.62 bits per heavy atom. The summed E-state index contributed by atoms with van der Waals surface area (Å²) < 4.78 is 37.2. The van der Waals surface area contributed by atoms with E-state index in [4.69, 9.17) is 9.31 Å². The first kappa shape index (κ1) is 16.3. The zero-order valence-corrected chi connectivity index (χ0v) is 14.2. The molecule has 1 aliphatic heterocycles. The van der Waals surface area contributed by atoms with E-state index in [0.717, 1.165) is 17.3 Å². The van der Waals surface area contributed by atoms with Gasteiger partial charge in [0.2, 0.25) is 10.0 Å². The summed E-state index contributed by atoms with van der Waals surface area (Å²) in [5.41, 5.74) is 1.48. The molecule has 21 heavy (non-hydrogen) atoms. The summed E-state index contributed by atoms with van der Waals surface area (Å²) in [6.45, 7) is 9.90. The van der Waals surface area contributed by atoms with Crippen LogP contribution in [-0.4, -0.2) is 33.0 Å². The Kier molecular flexibility index (Phi) is 3.89. The second-order valence-corrected chi connectivity index (χ2v) is 8.28. The van der Waals surface area contributed by atoms with Crippen LogP contribution in [0.3, 0.4) is 0 Å². The molecule has 0 aliphatic carbocycles. The van der Waals surface area contributed by atoms with Crippen LogP contribution in [0.1, 0.15) is 33.3 Å². The fraction of sp³-hybridized carbons (Fsp3) is 0.571. The summed E-state index contributed by atoms with van der Waals surface area (Å²) >= 11 is 0. The number of rotatable bonds is 3. The number of sulfonamides is 1. The lowest BCUT2D eigenvalue weighted by Crippen LogP contribution is -2.41. The Morgan fingerprint density at radius 3 is 2.10 bits per heavy atom. The average molecular weight is 311 g/mol. The standard InChI is InChI=1S/C14H22BNO4S/c1-10-7-8-11(16-21(6,17)18)9-12(10)15-19-13(2,3)14(4,5)20-15/h7-9,16H,1-6H3. The third-order valence-corrected chi connectivity index (χ3v) is 4.70. The molecule has 1 aliphatic rings. The van der Waals surface area contributed by atoms with Gasteiger partial charge in [-0.3, -0.25) is 4.72 Å². The molecule has 1 aromatic carbocycles. The van der Waals surface area contributed by atoms with E-state index in [0.29, 0.717) is 5.69 Å². The minimum absolute atomic E-state index is 0.426. The first-order valence-corrected chi connectivity index (χ1v) is 8.74. The quantitative estimate of drug-likeness (QED) is 0.862. The van der Waals surface area contributed by atoms with Crippen molar-refractivity contribution in [1.82, 2.24) is 0 Å². The van der Waals surface area contributed by atoms with Gasteiger partial charge < -0.3 is 9.31 Å². The third-order valence-electron chi connectivity index (χ3n) is 4.09. The third kappa shape index (κ3) is 3.41. The van der Waals surface area contributed by atoms with Crippen LogP contribution >= 0.6 is 0 Å². The van der Waals surface area contributed by atoms with Gasteiger partial charge in [0.15, 0.2) is 0 Å². The molecule has 1 aromatic rings. The van der Waals surface area contributed by atoms with Crippen LogP contribution in [0.25, 0.3) is 0 Å². The number of hydrogen-bond acceptors (Lipinski definition) is 4. The number of aryl methyl sites for hydroxylation is 1. The Labute approximate surface area is 127 Å². The number of nitrogens with one attached hydrogen (secondary N) is 1. The summed E-state index contributed by atoms with van der Waals surface area (Å²) in [5, 5.41) is 0. The van der Waals surface area contributed by atoms with Gasteiger partial charge in [0.1, 0.15) is 0 Å². The van der Waals surface area contributed by atoms with Crippen LogP contribution in [0.5, 0.6) is 0 Å². The Bertz CT molecular complexity index is 639. The van der Waals surface area contributed by atoms with Gasteiger partial charge in [0.25, 0.3) is 0 Å². The number of anilines is 1. The lowest BCUT2D eigenvalue weighted by atomic mass is 9.76. The highest BCUT2D eigenvalue weighted by Crippen LogP contribution is 2.36. The SMILES string of the molecule is Cc1ccc(NS(C)(=O)=O)cc1B1OC(C)(C)C(C)(C)O1. The molecule has 0 spiro atoms. The Morgan fingerprint density at radius 1 is 1.10 bits per heavy atom. The lowest BCUT2D eigenvalue weighted by Gasteiger charge is -2.32. The summed E-state index contributed by atoms with van der Waals surface area (Å²) in [5.74, 6) is 0. The van der Waals surface area contributed by atoms with Crippen molar-refractivity contribution < 1.29 is 17.7 Å². The molecule has 116 valence electrons. The largest absolute Gasteiger partial charge is 0.495 e. The number of hydrogen-bond donors (Lipinski definition) is 1. The van der Waals surface area contributed by atoms with Crippen LogP contribution in [-0.2, 0) is 19.3 Å². The average Bonchev–Trinajstić information content (AvgIpc) is 2.49. The van der Waals surface area contributed by atoms with Crippen molar-refractivity contribution in [1.29, 1.82) is 0 Å². The van der Waals surface area contributed by atoms with Crippen molar-refractivity contribution in [3.63, 3.8) is 0 Å². The molecule has 1 saturated heterocycles. The maximum Gasteiger partial charge on any atom is 0.495 e. The fourth-order valence-electron chi connectivity index (χ4n) is 2.14. The highest BCUT2D eigenvalue weighted by Gasteiger charge is 2.52. The summed E-state index contributed by atoms with van der Waals surface area (Å²) in [4.78, 5) is 0. The first-order chi connectivity index (χ1) is 9.41. The van der Waals surface area contributed by atoms with E-state index in [1.807, 2.05) is 40.7 Å². The molecule has 0 amide bonds. The van der Waals surface area contributed by atoms with Gasteiger partial charge >= 0.3 is 7.12 Å². The van der Waals surface area contributed by atoms with Gasteiger partial charge in [-0.1, -0.05) is 11.6 Å². The molecular weight excluding hydrogens is 289 g/mol. The van der Waals surface area contributed by atoms with E-state index in [1.165, 1.54) is 0 Å². The summed E-state index contributed by atoms with van der Waals surface area (Å²) in [6, 6.07) is 5.34. The van der Waals surface area contributed by atoms with E-state index in [2.05, 4.69) is 4.72 Å². The second-order valence-electron chi connectivity index (χ2n) is 6.53. The molecule has 2 rings (SSSR count). The predicted molar refractivity (Wildman–Crippen MR) is 85.4 cm³/mol. The second kappa shape index (κ2) is 5.00. The van der Waals surface area contributed by atoms with Crippen LogP contribution in [0.4, 0.5) is 5.69 Å². The van der Waals surface area contributed by atoms with E-state index < -0.39 is 28.3 Å². The van der Waals surface area contributed by atoms with Crippen LogP contribution in [0, 0.1) is 6.92 Å². The van der Waals surface area contributed by atoms with Gasteiger partial charge in [0.05, 0.1) is 17.5 Å². The van der Waals surface area contributed by atoms with Crippen molar-refractivity contribution >= 4 is 28.3 Å². The maximum atomic E-state index is 11.4. The highest BCUT2D eigenvalue weighted by atomic mass is 32.2. The van der Waals surface area contributed by atoms with Crippen molar-refractivity contribution in [2.24, 2.45) is 0 Å². The lowest BCUT2D eigenvalue weighted by molar-refractivity contribution is 0.00578. The molecule has 0 bridgehead atoms. The molecule has 0 atom stereocenters. The van der Waals surface area contributed by atoms with Crippen LogP contribution in [0.2, 0.25) is 0 Å². The molecule has 1 fully saturated rings. The zero-order valence-electron chi connectivity index (χ0n) is 13.4. The van der Waals surface area contributed by atoms with Crippen molar-refractivity contribution in [3.05, 3.63) is 23.8 Å². The molecule has 1 heterocycles. The van der Waals surface area contributed by atoms with Gasteiger partial charge in [-0.25, -0.2) is 8.42 Å². The highest BCUT2D eigenvalue weighted by molar-refractivity contribution is 7.92. The van der Waals surface area contributed by atoms with Gasteiger partial charge in [-0.05, 0) is 52.2 Å². The summed E-state index contributed by atoms with van der Waals surface area (Å²) in [7, 11) is -3.81. The first-order valence-electron chi connectivity index (χ1n) is 6.85. The van der Waals surface area contributed by atoms with Crippen LogP contribution in [0.15, 0.2) is 18.2 Å². The molecule has 7 heteroatoms. The van der Waals surface area contributed by atoms with E-state index in [1.54, 1.807) is 12.1 Å². The summed E-state index contributed by atoms with van der Waals surface area (Å²) in [6.07, 6.45) is 1.13. The van der Waals surface area contributed by atoms with E-state index in [9.17, 15) is 8.42 Å². The Hall–Kier alpha value is -1.05. The normalized spacial score (nSPS) is 20.6. The molecule has 0 saturated carbocycles. The van der Waals surface area contributed by atoms with Crippen LogP contribution < -0.4 is 10.2 Å². The minimum Gasteiger partial charge on any atom is -0.399 e. The monoisotopic (exact) mass is 311 g/mol. The topological polar surface area (TPSA) is 64.6 Å². The molecule has 0 unspecified atom stereocenters. The smallest absolute Gasteiger partial charge is 0.399 e. The predicted octanol–water partition coefficient (Wildman–Crippen LogP) is 1.67. The zero-order chi connectivity index (χ0) is 16.1. The van der Waals surface area contributed by atoms with Gasteiger partial charge in [-0.2, -0.15) is 0 Å². The van der Waals surface area contributed by atoms with E-state index in [-0.39, 0.29) is 0 Å². The molecule has 5 nitrogen and oxygen atoms in total. The number of benzene rings is 1. The van der Waals surface area contributed by atoms with Crippen molar-refractivity contribution in [2.45, 2.75) is 45.8 Å². The fourth-order valence-corrected chi connectivity index (χ4v) is 2.70. The molecule has 0 radical (unpaired) electrons. The molecular formula is C14H22BNO4S. The van der Waals surface area contributed by atoms with Crippen molar-refractivity contribution in [3.8, 4) is 0 Å². The minimum atomic E-state index is -3.31. The molecule has 1 N–H and O–H groups in total. The Balaban J connectivity index is 2.35.